The number of amides is 1. The lowest BCUT2D eigenvalue weighted by molar-refractivity contribution is -0.138. The monoisotopic (exact) mass is 212 g/mol. The van der Waals surface area contributed by atoms with Crippen LogP contribution >= 0.6 is 0 Å². The summed E-state index contributed by atoms with van der Waals surface area (Å²) in [5.41, 5.74) is 5.30. The van der Waals surface area contributed by atoms with Crippen molar-refractivity contribution in [1.29, 1.82) is 0 Å². The lowest BCUT2D eigenvalue weighted by atomic mass is 9.92. The molecule has 1 rings (SSSR count). The van der Waals surface area contributed by atoms with E-state index in [0.29, 0.717) is 6.42 Å². The molecule has 88 valence electrons. The molecule has 1 atom stereocenters. The molecule has 0 radical (unpaired) electrons. The van der Waals surface area contributed by atoms with Gasteiger partial charge in [0.1, 0.15) is 0 Å². The fourth-order valence-corrected chi connectivity index (χ4v) is 2.06. The number of carbonyl (C=O) groups excluding carboxylic acids is 1. The van der Waals surface area contributed by atoms with Gasteiger partial charge in [0, 0.05) is 13.1 Å². The Balaban J connectivity index is 2.50. The molecule has 3 nitrogen and oxygen atoms in total. The van der Waals surface area contributed by atoms with Crippen LogP contribution in [0, 0.1) is 5.92 Å². The fraction of sp³-hybridized carbons (Fsp3) is 0.917. The topological polar surface area (TPSA) is 46.3 Å². The van der Waals surface area contributed by atoms with Crippen molar-refractivity contribution in [3.63, 3.8) is 0 Å². The van der Waals surface area contributed by atoms with Gasteiger partial charge in [-0.15, -0.1) is 0 Å². The molecule has 1 unspecified atom stereocenters. The Kier molecular flexibility index (Phi) is 4.14. The van der Waals surface area contributed by atoms with E-state index in [1.165, 1.54) is 6.42 Å². The van der Waals surface area contributed by atoms with E-state index < -0.39 is 5.54 Å². The Morgan fingerprint density at radius 1 is 1.40 bits per heavy atom. The number of rotatable bonds is 3. The first kappa shape index (κ1) is 12.5. The highest BCUT2D eigenvalue weighted by Crippen LogP contribution is 2.22. The van der Waals surface area contributed by atoms with E-state index in [4.69, 9.17) is 5.73 Å². The maximum Gasteiger partial charge on any atom is 0.242 e. The van der Waals surface area contributed by atoms with Crippen LogP contribution in [-0.2, 0) is 4.79 Å². The molecule has 1 saturated heterocycles. The van der Waals surface area contributed by atoms with E-state index in [1.807, 2.05) is 18.7 Å². The zero-order valence-electron chi connectivity index (χ0n) is 10.3. The number of hydrogen-bond donors (Lipinski definition) is 1. The Hall–Kier alpha value is -0.570. The van der Waals surface area contributed by atoms with Gasteiger partial charge < -0.3 is 10.6 Å². The van der Waals surface area contributed by atoms with E-state index >= 15 is 0 Å². The van der Waals surface area contributed by atoms with Crippen molar-refractivity contribution in [1.82, 2.24) is 4.90 Å². The zero-order valence-corrected chi connectivity index (χ0v) is 10.3. The van der Waals surface area contributed by atoms with Gasteiger partial charge in [-0.2, -0.15) is 0 Å². The maximum absolute atomic E-state index is 12.0. The molecule has 1 aliphatic rings. The van der Waals surface area contributed by atoms with Crippen molar-refractivity contribution in [2.24, 2.45) is 11.7 Å². The van der Waals surface area contributed by atoms with Crippen LogP contribution in [-0.4, -0.2) is 29.4 Å². The lowest BCUT2D eigenvalue weighted by Gasteiger charge is -2.36. The Morgan fingerprint density at radius 2 is 1.93 bits per heavy atom. The highest BCUT2D eigenvalue weighted by Gasteiger charge is 2.32. The smallest absolute Gasteiger partial charge is 0.242 e. The predicted molar refractivity (Wildman–Crippen MR) is 62.5 cm³/mol. The molecule has 3 heteroatoms. The number of nitrogens with zero attached hydrogens (tertiary/aromatic N) is 1. The van der Waals surface area contributed by atoms with Crippen LogP contribution in [0.1, 0.15) is 46.5 Å². The van der Waals surface area contributed by atoms with E-state index in [-0.39, 0.29) is 5.91 Å². The second kappa shape index (κ2) is 4.97. The number of nitrogens with two attached hydrogens (primary N) is 1. The lowest BCUT2D eigenvalue weighted by Crippen LogP contribution is -2.54. The average Bonchev–Trinajstić information content (AvgIpc) is 2.28. The van der Waals surface area contributed by atoms with Gasteiger partial charge in [0.25, 0.3) is 0 Å². The first-order chi connectivity index (χ1) is 7.01. The van der Waals surface area contributed by atoms with Gasteiger partial charge in [-0.25, -0.2) is 0 Å². The van der Waals surface area contributed by atoms with Crippen LogP contribution in [0.2, 0.25) is 0 Å². The minimum absolute atomic E-state index is 0.125. The highest BCUT2D eigenvalue weighted by atomic mass is 16.2. The summed E-state index contributed by atoms with van der Waals surface area (Å²) in [4.78, 5) is 14.0. The number of piperidine rings is 1. The summed E-state index contributed by atoms with van der Waals surface area (Å²) < 4.78 is 0. The molecule has 0 aliphatic carbocycles. The normalized spacial score (nSPS) is 22.5. The molecule has 1 aliphatic heterocycles. The van der Waals surface area contributed by atoms with E-state index in [0.717, 1.165) is 31.8 Å². The highest BCUT2D eigenvalue weighted by molar-refractivity contribution is 5.85. The van der Waals surface area contributed by atoms with Crippen molar-refractivity contribution in [2.45, 2.75) is 52.0 Å². The van der Waals surface area contributed by atoms with E-state index in [1.54, 1.807) is 0 Å². The minimum Gasteiger partial charge on any atom is -0.341 e. The van der Waals surface area contributed by atoms with Gasteiger partial charge in [-0.3, -0.25) is 4.79 Å². The minimum atomic E-state index is -0.668. The third-order valence-corrected chi connectivity index (χ3v) is 3.70. The third-order valence-electron chi connectivity index (χ3n) is 3.70. The SMILES string of the molecule is CCC1CCN(C(=O)C(C)(N)CC)CC1. The second-order valence-electron chi connectivity index (χ2n) is 4.91. The van der Waals surface area contributed by atoms with Crippen LogP contribution in [0.25, 0.3) is 0 Å². The molecule has 0 bridgehead atoms. The number of carbonyl (C=O) groups is 1. The van der Waals surface area contributed by atoms with Crippen molar-refractivity contribution in [3.05, 3.63) is 0 Å². The van der Waals surface area contributed by atoms with Crippen molar-refractivity contribution < 1.29 is 4.79 Å². The summed E-state index contributed by atoms with van der Waals surface area (Å²) in [5, 5.41) is 0. The molecule has 2 N–H and O–H groups in total. The summed E-state index contributed by atoms with van der Waals surface area (Å²) in [6, 6.07) is 0. The average molecular weight is 212 g/mol. The van der Waals surface area contributed by atoms with Crippen LogP contribution in [0.4, 0.5) is 0 Å². The van der Waals surface area contributed by atoms with Gasteiger partial charge in [0.2, 0.25) is 5.91 Å². The standard InChI is InChI=1S/C12H24N2O/c1-4-10-6-8-14(9-7-10)11(15)12(3,13)5-2/h10H,4-9,13H2,1-3H3. The quantitative estimate of drug-likeness (QED) is 0.775. The summed E-state index contributed by atoms with van der Waals surface area (Å²) in [6.45, 7) is 7.81. The predicted octanol–water partition coefficient (Wildman–Crippen LogP) is 1.76. The molecule has 0 aromatic carbocycles. The van der Waals surface area contributed by atoms with Gasteiger partial charge in [-0.05, 0) is 32.1 Å². The zero-order chi connectivity index (χ0) is 11.5. The van der Waals surface area contributed by atoms with Gasteiger partial charge >= 0.3 is 0 Å². The molecule has 0 aromatic heterocycles. The Morgan fingerprint density at radius 3 is 2.33 bits per heavy atom. The van der Waals surface area contributed by atoms with Crippen molar-refractivity contribution >= 4 is 5.91 Å². The Labute approximate surface area is 93.0 Å². The van der Waals surface area contributed by atoms with Crippen LogP contribution in [0.15, 0.2) is 0 Å². The van der Waals surface area contributed by atoms with Gasteiger partial charge in [0.15, 0.2) is 0 Å². The maximum atomic E-state index is 12.0. The molecule has 15 heavy (non-hydrogen) atoms. The molecule has 0 aromatic rings. The fourth-order valence-electron chi connectivity index (χ4n) is 2.06. The molecule has 1 amide bonds. The molecule has 1 fully saturated rings. The summed E-state index contributed by atoms with van der Waals surface area (Å²) in [6.07, 6.45) is 4.22. The third kappa shape index (κ3) is 2.94. The van der Waals surface area contributed by atoms with E-state index in [2.05, 4.69) is 6.92 Å². The van der Waals surface area contributed by atoms with Crippen LogP contribution < -0.4 is 5.73 Å². The Bertz CT molecular complexity index is 218. The van der Waals surface area contributed by atoms with Gasteiger partial charge in [-0.1, -0.05) is 20.3 Å². The number of hydrogen-bond acceptors (Lipinski definition) is 2. The molecular formula is C12H24N2O. The largest absolute Gasteiger partial charge is 0.341 e. The molecule has 0 spiro atoms. The van der Waals surface area contributed by atoms with Crippen LogP contribution in [0.3, 0.4) is 0 Å². The van der Waals surface area contributed by atoms with Crippen molar-refractivity contribution in [2.75, 3.05) is 13.1 Å². The van der Waals surface area contributed by atoms with E-state index in [9.17, 15) is 4.79 Å². The first-order valence-corrected chi connectivity index (χ1v) is 6.09. The van der Waals surface area contributed by atoms with Crippen LogP contribution in [0.5, 0.6) is 0 Å². The molecule has 0 saturated carbocycles. The summed E-state index contributed by atoms with van der Waals surface area (Å²) in [7, 11) is 0. The number of likely N-dealkylation sites (tertiary alicyclic amines) is 1. The first-order valence-electron chi connectivity index (χ1n) is 6.09. The van der Waals surface area contributed by atoms with Gasteiger partial charge in [0.05, 0.1) is 5.54 Å². The summed E-state index contributed by atoms with van der Waals surface area (Å²) in [5.74, 6) is 0.930. The summed E-state index contributed by atoms with van der Waals surface area (Å²) >= 11 is 0. The second-order valence-corrected chi connectivity index (χ2v) is 4.91. The molecular weight excluding hydrogens is 188 g/mol. The van der Waals surface area contributed by atoms with Crippen molar-refractivity contribution in [3.8, 4) is 0 Å². The molecule has 1 heterocycles.